The van der Waals surface area contributed by atoms with Gasteiger partial charge in [-0.1, -0.05) is 42.5 Å². The van der Waals surface area contributed by atoms with E-state index in [4.69, 9.17) is 5.73 Å². The number of aromatic hydroxyl groups is 1. The van der Waals surface area contributed by atoms with Gasteiger partial charge in [0.05, 0.1) is 22.5 Å². The van der Waals surface area contributed by atoms with Gasteiger partial charge >= 0.3 is 0 Å². The van der Waals surface area contributed by atoms with E-state index in [1.807, 2.05) is 30.3 Å². The lowest BCUT2D eigenvalue weighted by atomic mass is 9.99. The third-order valence-corrected chi connectivity index (χ3v) is 4.15. The molecule has 4 rings (SSSR count). The fourth-order valence-corrected chi connectivity index (χ4v) is 2.97. The van der Waals surface area contributed by atoms with Crippen molar-refractivity contribution in [1.82, 2.24) is 4.98 Å². The van der Waals surface area contributed by atoms with Crippen molar-refractivity contribution in [2.75, 3.05) is 0 Å². The van der Waals surface area contributed by atoms with Crippen LogP contribution in [0.1, 0.15) is 31.8 Å². The second-order valence-electron chi connectivity index (χ2n) is 5.67. The summed E-state index contributed by atoms with van der Waals surface area (Å²) in [5.41, 5.74) is 8.62. The number of carbonyl (C=O) groups excluding carboxylic acids is 2. The molecule has 4 N–H and O–H groups in total. The highest BCUT2D eigenvalue weighted by atomic mass is 16.3. The monoisotopic (exact) mass is 331 g/mol. The zero-order chi connectivity index (χ0) is 17.6. The van der Waals surface area contributed by atoms with Crippen molar-refractivity contribution >= 4 is 17.5 Å². The normalized spacial score (nSPS) is 12.8. The van der Waals surface area contributed by atoms with Gasteiger partial charge in [-0.2, -0.15) is 0 Å². The molecule has 3 aromatic rings. The van der Waals surface area contributed by atoms with Gasteiger partial charge < -0.3 is 15.8 Å². The summed E-state index contributed by atoms with van der Waals surface area (Å²) in [5, 5.41) is 10.3. The lowest BCUT2D eigenvalue weighted by Gasteiger charge is -2.02. The molecule has 0 aliphatic carbocycles. The van der Waals surface area contributed by atoms with E-state index in [-0.39, 0.29) is 5.88 Å². The topological polar surface area (TPSA) is 109 Å². The first kappa shape index (κ1) is 14.9. The van der Waals surface area contributed by atoms with Crippen LogP contribution in [0, 0.1) is 0 Å². The number of aromatic amines is 1. The summed E-state index contributed by atoms with van der Waals surface area (Å²) >= 11 is 0. The molecule has 0 bridgehead atoms. The van der Waals surface area contributed by atoms with Crippen molar-refractivity contribution in [2.24, 2.45) is 10.7 Å². The molecular formula is C19H13N3O3. The van der Waals surface area contributed by atoms with Crippen molar-refractivity contribution in [1.29, 1.82) is 0 Å². The summed E-state index contributed by atoms with van der Waals surface area (Å²) in [4.78, 5) is 30.6. The Morgan fingerprint density at radius 2 is 1.64 bits per heavy atom. The van der Waals surface area contributed by atoms with Gasteiger partial charge in [-0.3, -0.25) is 9.59 Å². The number of nitrogens with one attached hydrogen (secondary N) is 1. The Labute approximate surface area is 142 Å². The second-order valence-corrected chi connectivity index (χ2v) is 5.67. The number of fused-ring (bicyclic) bond motifs is 1. The molecule has 0 fully saturated rings. The van der Waals surface area contributed by atoms with Crippen LogP contribution in [-0.2, 0) is 0 Å². The minimum atomic E-state index is -0.535. The maximum absolute atomic E-state index is 12.4. The number of nitrogens with zero attached hydrogens (tertiary/aromatic N) is 1. The fraction of sp³-hybridized carbons (Fsp3) is 0. The lowest BCUT2D eigenvalue weighted by Crippen LogP contribution is -2.11. The summed E-state index contributed by atoms with van der Waals surface area (Å²) in [5.74, 6) is -1.07. The average molecular weight is 331 g/mol. The summed E-state index contributed by atoms with van der Waals surface area (Å²) in [6.07, 6.45) is 0. The summed E-state index contributed by atoms with van der Waals surface area (Å²) in [6.45, 7) is 0. The first-order valence-electron chi connectivity index (χ1n) is 7.60. The van der Waals surface area contributed by atoms with Gasteiger partial charge in [0.1, 0.15) is 0 Å². The van der Waals surface area contributed by atoms with Gasteiger partial charge in [-0.05, 0) is 17.7 Å². The van der Waals surface area contributed by atoms with Gasteiger partial charge in [0.25, 0.3) is 5.91 Å². The van der Waals surface area contributed by atoms with E-state index in [0.717, 1.165) is 5.56 Å². The van der Waals surface area contributed by atoms with Crippen LogP contribution in [0.4, 0.5) is 0 Å². The quantitative estimate of drug-likeness (QED) is 0.686. The number of aromatic nitrogens is 1. The maximum atomic E-state index is 12.4. The van der Waals surface area contributed by atoms with E-state index < -0.39 is 11.8 Å². The fourth-order valence-electron chi connectivity index (χ4n) is 2.97. The SMILES string of the molecule is NC(=O)c1ccc(C2=NC(=O)c3c(-c4ccccc4)[nH]c(O)c32)cc1. The lowest BCUT2D eigenvalue weighted by molar-refractivity contribution is 0.0994. The van der Waals surface area contributed by atoms with Crippen molar-refractivity contribution in [3.63, 3.8) is 0 Å². The number of nitrogens with two attached hydrogens (primary N) is 1. The number of amides is 2. The highest BCUT2D eigenvalue weighted by Gasteiger charge is 2.33. The van der Waals surface area contributed by atoms with Crippen LogP contribution in [0.15, 0.2) is 59.6 Å². The van der Waals surface area contributed by atoms with Crippen LogP contribution in [0.5, 0.6) is 5.88 Å². The van der Waals surface area contributed by atoms with Crippen LogP contribution in [0.25, 0.3) is 11.3 Å². The molecular weight excluding hydrogens is 318 g/mol. The summed E-state index contributed by atoms with van der Waals surface area (Å²) < 4.78 is 0. The Morgan fingerprint density at radius 1 is 0.960 bits per heavy atom. The highest BCUT2D eigenvalue weighted by Crippen LogP contribution is 2.37. The largest absolute Gasteiger partial charge is 0.494 e. The highest BCUT2D eigenvalue weighted by molar-refractivity contribution is 6.30. The molecule has 122 valence electrons. The number of benzene rings is 2. The molecule has 1 aliphatic rings. The number of primary amides is 1. The third kappa shape index (κ3) is 2.31. The van der Waals surface area contributed by atoms with Crippen LogP contribution in [0.3, 0.4) is 0 Å². The first-order chi connectivity index (χ1) is 12.1. The second kappa shape index (κ2) is 5.45. The average Bonchev–Trinajstić information content (AvgIpc) is 3.15. The van der Waals surface area contributed by atoms with Crippen LogP contribution in [-0.4, -0.2) is 27.6 Å². The predicted molar refractivity (Wildman–Crippen MR) is 92.8 cm³/mol. The van der Waals surface area contributed by atoms with Crippen molar-refractivity contribution in [2.45, 2.75) is 0 Å². The Hall–Kier alpha value is -3.67. The zero-order valence-electron chi connectivity index (χ0n) is 13.0. The summed E-state index contributed by atoms with van der Waals surface area (Å²) in [6, 6.07) is 15.7. The molecule has 0 saturated heterocycles. The van der Waals surface area contributed by atoms with Gasteiger partial charge in [0.2, 0.25) is 5.91 Å². The molecule has 2 heterocycles. The van der Waals surface area contributed by atoms with Gasteiger partial charge in [-0.15, -0.1) is 0 Å². The number of hydrogen-bond acceptors (Lipinski definition) is 3. The van der Waals surface area contributed by atoms with Gasteiger partial charge in [0, 0.05) is 11.1 Å². The molecule has 0 spiro atoms. The van der Waals surface area contributed by atoms with Gasteiger partial charge in [0.15, 0.2) is 5.88 Å². The number of H-pyrrole nitrogens is 1. The van der Waals surface area contributed by atoms with E-state index in [2.05, 4.69) is 9.98 Å². The Kier molecular flexibility index (Phi) is 3.25. The molecule has 6 nitrogen and oxygen atoms in total. The summed E-state index contributed by atoms with van der Waals surface area (Å²) in [7, 11) is 0. The van der Waals surface area contributed by atoms with E-state index in [1.54, 1.807) is 24.3 Å². The van der Waals surface area contributed by atoms with Crippen molar-refractivity contribution < 1.29 is 14.7 Å². The zero-order valence-corrected chi connectivity index (χ0v) is 13.0. The molecule has 2 aromatic carbocycles. The van der Waals surface area contributed by atoms with Crippen molar-refractivity contribution in [3.05, 3.63) is 76.9 Å². The number of aliphatic imine (C=N–C) groups is 1. The number of hydrogen-bond donors (Lipinski definition) is 3. The molecule has 1 aliphatic heterocycles. The minimum Gasteiger partial charge on any atom is -0.494 e. The van der Waals surface area contributed by atoms with Crippen LogP contribution < -0.4 is 5.73 Å². The van der Waals surface area contributed by atoms with E-state index >= 15 is 0 Å². The molecule has 6 heteroatoms. The first-order valence-corrected chi connectivity index (χ1v) is 7.60. The molecule has 0 saturated carbocycles. The van der Waals surface area contributed by atoms with E-state index in [9.17, 15) is 14.7 Å². The Bertz CT molecular complexity index is 1030. The van der Waals surface area contributed by atoms with E-state index in [0.29, 0.717) is 33.7 Å². The smallest absolute Gasteiger partial charge is 0.280 e. The Morgan fingerprint density at radius 3 is 2.28 bits per heavy atom. The standard InChI is InChI=1S/C19H13N3O3/c20-17(23)12-8-6-11(7-9-12)16-14-13(18(24)22-16)15(21-19(14)25)10-4-2-1-3-5-10/h1-9,21,25H,(H2,20,23). The Balaban J connectivity index is 1.83. The molecule has 0 radical (unpaired) electrons. The number of carbonyl (C=O) groups is 2. The minimum absolute atomic E-state index is 0.113. The molecule has 1 aromatic heterocycles. The van der Waals surface area contributed by atoms with Crippen molar-refractivity contribution in [3.8, 4) is 17.1 Å². The number of rotatable bonds is 3. The van der Waals surface area contributed by atoms with Crippen LogP contribution >= 0.6 is 0 Å². The van der Waals surface area contributed by atoms with Crippen LogP contribution in [0.2, 0.25) is 0 Å². The van der Waals surface area contributed by atoms with Gasteiger partial charge in [-0.25, -0.2) is 4.99 Å². The van der Waals surface area contributed by atoms with E-state index in [1.165, 1.54) is 0 Å². The third-order valence-electron chi connectivity index (χ3n) is 4.15. The maximum Gasteiger partial charge on any atom is 0.280 e. The molecule has 0 unspecified atom stereocenters. The molecule has 25 heavy (non-hydrogen) atoms. The molecule has 0 atom stereocenters. The predicted octanol–water partition coefficient (Wildman–Crippen LogP) is 2.48. The molecule has 2 amide bonds.